The molecule has 3 rings (SSSR count). The highest BCUT2D eigenvalue weighted by atomic mass is 35.5. The molecular formula is C20H30ClN5O2. The van der Waals surface area contributed by atoms with Crippen LogP contribution in [0, 0.1) is 0 Å². The van der Waals surface area contributed by atoms with Crippen molar-refractivity contribution in [3.8, 4) is 5.75 Å². The lowest BCUT2D eigenvalue weighted by Gasteiger charge is -2.19. The zero-order valence-corrected chi connectivity index (χ0v) is 17.8. The molecule has 0 aliphatic carbocycles. The van der Waals surface area contributed by atoms with E-state index in [1.807, 2.05) is 18.2 Å². The van der Waals surface area contributed by atoms with E-state index in [2.05, 4.69) is 40.6 Å². The van der Waals surface area contributed by atoms with Gasteiger partial charge in [0.05, 0.1) is 0 Å². The predicted molar refractivity (Wildman–Crippen MR) is 112 cm³/mol. The van der Waals surface area contributed by atoms with E-state index in [0.717, 1.165) is 31.8 Å². The average Bonchev–Trinajstić information content (AvgIpc) is 3.03. The Labute approximate surface area is 172 Å². The summed E-state index contributed by atoms with van der Waals surface area (Å²) in [7, 11) is 1.80. The van der Waals surface area contributed by atoms with Crippen molar-refractivity contribution in [3.05, 3.63) is 35.7 Å². The topological polar surface area (TPSA) is 81.1 Å². The first-order chi connectivity index (χ1) is 12.9. The molecule has 1 aromatic carbocycles. The van der Waals surface area contributed by atoms with Gasteiger partial charge in [-0.25, -0.2) is 4.68 Å². The Morgan fingerprint density at radius 2 is 2.00 bits per heavy atom. The van der Waals surface area contributed by atoms with Gasteiger partial charge in [0, 0.05) is 13.0 Å². The SMILES string of the molecule is CC(Oc1cccc(C(C)C)c1)C(=O)Nc1nc(C2CCNCC2)nn1C.Cl. The zero-order valence-electron chi connectivity index (χ0n) is 16.9. The predicted octanol–water partition coefficient (Wildman–Crippen LogP) is 3.23. The molecule has 0 radical (unpaired) electrons. The van der Waals surface area contributed by atoms with Gasteiger partial charge in [-0.15, -0.1) is 12.4 Å². The van der Waals surface area contributed by atoms with E-state index in [0.29, 0.717) is 23.5 Å². The number of nitrogens with one attached hydrogen (secondary N) is 2. The number of halogens is 1. The van der Waals surface area contributed by atoms with Gasteiger partial charge in [0.2, 0.25) is 5.95 Å². The zero-order chi connectivity index (χ0) is 19.4. The van der Waals surface area contributed by atoms with Crippen LogP contribution in [0.2, 0.25) is 0 Å². The lowest BCUT2D eigenvalue weighted by Crippen LogP contribution is -2.31. The van der Waals surface area contributed by atoms with Gasteiger partial charge in [-0.05, 0) is 56.5 Å². The van der Waals surface area contributed by atoms with Gasteiger partial charge in [0.25, 0.3) is 5.91 Å². The molecule has 1 aromatic heterocycles. The Hall–Kier alpha value is -2.12. The molecule has 2 heterocycles. The summed E-state index contributed by atoms with van der Waals surface area (Å²) in [6, 6.07) is 7.85. The normalized spacial score (nSPS) is 15.8. The van der Waals surface area contributed by atoms with Gasteiger partial charge in [-0.2, -0.15) is 10.1 Å². The number of aromatic nitrogens is 3. The third kappa shape index (κ3) is 5.45. The van der Waals surface area contributed by atoms with Crippen LogP contribution in [0.3, 0.4) is 0 Å². The van der Waals surface area contributed by atoms with Crippen molar-refractivity contribution in [1.82, 2.24) is 20.1 Å². The number of amides is 1. The number of carbonyl (C=O) groups excluding carboxylic acids is 1. The largest absolute Gasteiger partial charge is 0.481 e. The molecule has 1 aliphatic rings. The first-order valence-corrected chi connectivity index (χ1v) is 9.63. The number of piperidine rings is 1. The van der Waals surface area contributed by atoms with Crippen LogP contribution >= 0.6 is 12.4 Å². The van der Waals surface area contributed by atoms with Gasteiger partial charge in [0.1, 0.15) is 5.75 Å². The van der Waals surface area contributed by atoms with Crippen molar-refractivity contribution >= 4 is 24.3 Å². The van der Waals surface area contributed by atoms with Crippen LogP contribution in [0.25, 0.3) is 0 Å². The van der Waals surface area contributed by atoms with Crippen molar-refractivity contribution in [2.45, 2.75) is 51.6 Å². The Bertz CT molecular complexity index is 787. The monoisotopic (exact) mass is 407 g/mol. The van der Waals surface area contributed by atoms with Crippen LogP contribution < -0.4 is 15.4 Å². The highest BCUT2D eigenvalue weighted by Crippen LogP contribution is 2.24. The molecule has 154 valence electrons. The molecule has 1 fully saturated rings. The molecule has 2 aromatic rings. The summed E-state index contributed by atoms with van der Waals surface area (Å²) < 4.78 is 7.45. The first kappa shape index (κ1) is 22.2. The van der Waals surface area contributed by atoms with Gasteiger partial charge >= 0.3 is 0 Å². The van der Waals surface area contributed by atoms with Crippen molar-refractivity contribution in [3.63, 3.8) is 0 Å². The van der Waals surface area contributed by atoms with Crippen molar-refractivity contribution in [1.29, 1.82) is 0 Å². The molecule has 8 heteroatoms. The maximum absolute atomic E-state index is 12.5. The van der Waals surface area contributed by atoms with E-state index in [1.165, 1.54) is 5.56 Å². The Morgan fingerprint density at radius 3 is 2.68 bits per heavy atom. The molecule has 7 nitrogen and oxygen atoms in total. The molecule has 28 heavy (non-hydrogen) atoms. The van der Waals surface area contributed by atoms with Crippen molar-refractivity contribution in [2.24, 2.45) is 7.05 Å². The maximum atomic E-state index is 12.5. The van der Waals surface area contributed by atoms with Crippen molar-refractivity contribution in [2.75, 3.05) is 18.4 Å². The summed E-state index contributed by atoms with van der Waals surface area (Å²) in [6.07, 6.45) is 1.40. The van der Waals surface area contributed by atoms with Crippen LogP contribution in [0.5, 0.6) is 5.75 Å². The number of hydrogen-bond acceptors (Lipinski definition) is 5. The fraction of sp³-hybridized carbons (Fsp3) is 0.550. The third-order valence-electron chi connectivity index (χ3n) is 4.93. The molecule has 1 amide bonds. The van der Waals surface area contributed by atoms with Crippen LogP contribution in [0.15, 0.2) is 24.3 Å². The number of hydrogen-bond donors (Lipinski definition) is 2. The number of anilines is 1. The fourth-order valence-electron chi connectivity index (χ4n) is 3.18. The number of nitrogens with zero attached hydrogens (tertiary/aromatic N) is 3. The summed E-state index contributed by atoms with van der Waals surface area (Å²) in [4.78, 5) is 17.1. The smallest absolute Gasteiger partial charge is 0.267 e. The molecule has 0 spiro atoms. The summed E-state index contributed by atoms with van der Waals surface area (Å²) in [6.45, 7) is 7.95. The van der Waals surface area contributed by atoms with E-state index >= 15 is 0 Å². The minimum absolute atomic E-state index is 0. The Morgan fingerprint density at radius 1 is 1.29 bits per heavy atom. The minimum atomic E-state index is -0.633. The Balaban J connectivity index is 0.00000280. The van der Waals surface area contributed by atoms with Crippen molar-refractivity contribution < 1.29 is 9.53 Å². The molecule has 2 N–H and O–H groups in total. The number of aryl methyl sites for hydroxylation is 1. The van der Waals surface area contributed by atoms with Crippen LogP contribution in [-0.4, -0.2) is 39.9 Å². The first-order valence-electron chi connectivity index (χ1n) is 9.63. The van der Waals surface area contributed by atoms with Gasteiger partial charge in [-0.3, -0.25) is 10.1 Å². The molecule has 0 saturated carbocycles. The minimum Gasteiger partial charge on any atom is -0.481 e. The highest BCUT2D eigenvalue weighted by molar-refractivity contribution is 5.92. The lowest BCUT2D eigenvalue weighted by molar-refractivity contribution is -0.122. The van der Waals surface area contributed by atoms with Crippen LogP contribution in [-0.2, 0) is 11.8 Å². The standard InChI is InChI=1S/C20H29N5O2.ClH/c1-13(2)16-6-5-7-17(12-16)27-14(3)19(26)23-20-22-18(24-25(20)4)15-8-10-21-11-9-15;/h5-7,12-15,21H,8-11H2,1-4H3,(H,22,23,24,26);1H. The summed E-state index contributed by atoms with van der Waals surface area (Å²) in [5.74, 6) is 2.46. The molecule has 0 bridgehead atoms. The summed E-state index contributed by atoms with van der Waals surface area (Å²) in [5, 5.41) is 10.7. The van der Waals surface area contributed by atoms with E-state index in [9.17, 15) is 4.79 Å². The molecule has 1 saturated heterocycles. The summed E-state index contributed by atoms with van der Waals surface area (Å²) in [5.41, 5.74) is 1.18. The number of rotatable bonds is 6. The second-order valence-corrected chi connectivity index (χ2v) is 7.42. The molecular weight excluding hydrogens is 378 g/mol. The quantitative estimate of drug-likeness (QED) is 0.768. The van der Waals surface area contributed by atoms with Gasteiger partial charge in [0.15, 0.2) is 11.9 Å². The Kier molecular flexibility index (Phi) is 7.83. The maximum Gasteiger partial charge on any atom is 0.267 e. The molecule has 1 atom stereocenters. The van der Waals surface area contributed by atoms with Gasteiger partial charge in [-0.1, -0.05) is 26.0 Å². The summed E-state index contributed by atoms with van der Waals surface area (Å²) >= 11 is 0. The lowest BCUT2D eigenvalue weighted by atomic mass is 9.98. The molecule has 1 unspecified atom stereocenters. The van der Waals surface area contributed by atoms with E-state index in [4.69, 9.17) is 4.74 Å². The fourth-order valence-corrected chi connectivity index (χ4v) is 3.18. The van der Waals surface area contributed by atoms with Crippen LogP contribution in [0.4, 0.5) is 5.95 Å². The van der Waals surface area contributed by atoms with E-state index in [1.54, 1.807) is 18.7 Å². The second-order valence-electron chi connectivity index (χ2n) is 7.42. The number of benzene rings is 1. The third-order valence-corrected chi connectivity index (χ3v) is 4.93. The van der Waals surface area contributed by atoms with E-state index in [-0.39, 0.29) is 18.3 Å². The number of ether oxygens (including phenoxy) is 1. The second kappa shape index (κ2) is 9.89. The van der Waals surface area contributed by atoms with Gasteiger partial charge < -0.3 is 10.1 Å². The highest BCUT2D eigenvalue weighted by Gasteiger charge is 2.23. The molecule has 1 aliphatic heterocycles. The van der Waals surface area contributed by atoms with E-state index < -0.39 is 6.10 Å². The average molecular weight is 408 g/mol. The number of carbonyl (C=O) groups is 1. The van der Waals surface area contributed by atoms with Crippen LogP contribution in [0.1, 0.15) is 56.8 Å².